The van der Waals surface area contributed by atoms with E-state index in [0.29, 0.717) is 11.8 Å². The van der Waals surface area contributed by atoms with E-state index in [1.54, 1.807) is 10.9 Å². The van der Waals surface area contributed by atoms with Crippen molar-refractivity contribution >= 4 is 17.2 Å². The Hall–Kier alpha value is -1.73. The van der Waals surface area contributed by atoms with Gasteiger partial charge in [-0.3, -0.25) is 9.48 Å². The highest BCUT2D eigenvalue weighted by Crippen LogP contribution is 2.32. The van der Waals surface area contributed by atoms with E-state index < -0.39 is 0 Å². The highest BCUT2D eigenvalue weighted by molar-refractivity contribution is 7.17. The van der Waals surface area contributed by atoms with Gasteiger partial charge in [-0.2, -0.15) is 5.10 Å². The number of fused-ring (bicyclic) bond motifs is 1. The topological polar surface area (TPSA) is 63.1 Å². The third kappa shape index (κ3) is 2.24. The van der Waals surface area contributed by atoms with Gasteiger partial charge in [0.25, 0.3) is 5.91 Å². The van der Waals surface area contributed by atoms with Gasteiger partial charge in [0.15, 0.2) is 0 Å². The van der Waals surface area contributed by atoms with Gasteiger partial charge >= 0.3 is 0 Å². The van der Waals surface area contributed by atoms with Crippen LogP contribution in [0, 0.1) is 18.8 Å². The molecule has 2 fully saturated rings. The Morgan fingerprint density at radius 3 is 2.73 bits per heavy atom. The summed E-state index contributed by atoms with van der Waals surface area (Å²) in [4.78, 5) is 20.1. The molecule has 4 rings (SSSR count). The molecule has 0 unspecified atom stereocenters. The number of nitrogens with one attached hydrogen (secondary N) is 1. The number of carbonyl (C=O) groups is 1. The molecule has 2 atom stereocenters. The molecule has 0 spiro atoms. The van der Waals surface area contributed by atoms with Crippen LogP contribution in [0.25, 0.3) is 10.6 Å². The summed E-state index contributed by atoms with van der Waals surface area (Å²) in [5.41, 5.74) is 1.79. The number of aromatic nitrogens is 3. The summed E-state index contributed by atoms with van der Waals surface area (Å²) in [5.74, 6) is 1.38. The van der Waals surface area contributed by atoms with Gasteiger partial charge in [0.1, 0.15) is 9.88 Å². The highest BCUT2D eigenvalue weighted by atomic mass is 32.1. The first-order valence-corrected chi connectivity index (χ1v) is 8.40. The van der Waals surface area contributed by atoms with E-state index >= 15 is 0 Å². The molecule has 2 aromatic rings. The van der Waals surface area contributed by atoms with E-state index in [4.69, 9.17) is 0 Å². The quantitative estimate of drug-likeness (QED) is 0.902. The molecular weight excluding hydrogens is 298 g/mol. The van der Waals surface area contributed by atoms with Crippen molar-refractivity contribution in [3.05, 3.63) is 23.0 Å². The van der Waals surface area contributed by atoms with Gasteiger partial charge < -0.3 is 10.2 Å². The lowest BCUT2D eigenvalue weighted by Gasteiger charge is -2.16. The zero-order valence-corrected chi connectivity index (χ0v) is 13.6. The number of amides is 1. The minimum absolute atomic E-state index is 0.138. The Labute approximate surface area is 133 Å². The molecule has 2 aliphatic rings. The van der Waals surface area contributed by atoms with Gasteiger partial charge in [-0.05, 0) is 18.8 Å². The molecule has 2 saturated heterocycles. The molecule has 116 valence electrons. The number of nitrogens with zero attached hydrogens (tertiary/aromatic N) is 4. The maximum absolute atomic E-state index is 12.8. The fourth-order valence-electron chi connectivity index (χ4n) is 3.41. The first-order valence-electron chi connectivity index (χ1n) is 7.58. The number of aryl methyl sites for hydroxylation is 2. The molecule has 22 heavy (non-hydrogen) atoms. The first-order chi connectivity index (χ1) is 10.6. The highest BCUT2D eigenvalue weighted by Gasteiger charge is 2.39. The maximum Gasteiger partial charge on any atom is 0.265 e. The van der Waals surface area contributed by atoms with Crippen LogP contribution >= 0.6 is 11.3 Å². The largest absolute Gasteiger partial charge is 0.337 e. The van der Waals surface area contributed by atoms with Crippen molar-refractivity contribution in [1.29, 1.82) is 0 Å². The number of hydrogen-bond donors (Lipinski definition) is 1. The van der Waals surface area contributed by atoms with E-state index in [1.807, 2.05) is 25.1 Å². The zero-order valence-electron chi connectivity index (χ0n) is 12.7. The fraction of sp³-hybridized carbons (Fsp3) is 0.533. The van der Waals surface area contributed by atoms with Crippen molar-refractivity contribution in [2.75, 3.05) is 26.2 Å². The second kappa shape index (κ2) is 5.17. The van der Waals surface area contributed by atoms with Crippen LogP contribution in [-0.2, 0) is 7.05 Å². The van der Waals surface area contributed by atoms with E-state index in [2.05, 4.69) is 15.4 Å². The van der Waals surface area contributed by atoms with Gasteiger partial charge in [-0.15, -0.1) is 11.3 Å². The van der Waals surface area contributed by atoms with Crippen molar-refractivity contribution in [3.8, 4) is 10.6 Å². The second-order valence-corrected chi connectivity index (χ2v) is 7.22. The second-order valence-electron chi connectivity index (χ2n) is 6.22. The lowest BCUT2D eigenvalue weighted by molar-refractivity contribution is 0.0785. The Bertz CT molecular complexity index is 709. The minimum Gasteiger partial charge on any atom is -0.337 e. The van der Waals surface area contributed by atoms with Crippen LogP contribution < -0.4 is 5.32 Å². The molecule has 2 aromatic heterocycles. The summed E-state index contributed by atoms with van der Waals surface area (Å²) in [5, 5.41) is 8.45. The zero-order chi connectivity index (χ0) is 15.3. The van der Waals surface area contributed by atoms with Crippen LogP contribution in [0.4, 0.5) is 0 Å². The van der Waals surface area contributed by atoms with E-state index in [0.717, 1.165) is 47.3 Å². The molecule has 0 saturated carbocycles. The Balaban J connectivity index is 1.57. The van der Waals surface area contributed by atoms with E-state index in [1.165, 1.54) is 11.3 Å². The fourth-order valence-corrected chi connectivity index (χ4v) is 4.42. The van der Waals surface area contributed by atoms with Crippen LogP contribution in [-0.4, -0.2) is 51.8 Å². The van der Waals surface area contributed by atoms with Crippen molar-refractivity contribution in [3.63, 3.8) is 0 Å². The molecule has 2 aliphatic heterocycles. The Morgan fingerprint density at radius 2 is 2.09 bits per heavy atom. The van der Waals surface area contributed by atoms with Crippen molar-refractivity contribution in [2.24, 2.45) is 18.9 Å². The average molecular weight is 317 g/mol. The molecular formula is C15H19N5OS. The standard InChI is InChI=1S/C15H19N5OS/c1-9-13(22-14(18-9)12-5-17-19(2)6-12)15(21)20-7-10-3-16-4-11(10)8-20/h5-6,10-11,16H,3-4,7-8H2,1-2H3/t10-,11+. The normalized spacial score (nSPS) is 24.0. The molecule has 0 radical (unpaired) electrons. The molecule has 6 nitrogen and oxygen atoms in total. The molecule has 0 aliphatic carbocycles. The molecule has 0 bridgehead atoms. The number of hydrogen-bond acceptors (Lipinski definition) is 5. The summed E-state index contributed by atoms with van der Waals surface area (Å²) in [6.07, 6.45) is 3.72. The third-order valence-corrected chi connectivity index (χ3v) is 5.81. The molecule has 1 amide bonds. The summed E-state index contributed by atoms with van der Waals surface area (Å²) >= 11 is 1.48. The van der Waals surface area contributed by atoms with Crippen LogP contribution in [0.2, 0.25) is 0 Å². The number of thiazole rings is 1. The van der Waals surface area contributed by atoms with Crippen molar-refractivity contribution in [1.82, 2.24) is 25.0 Å². The van der Waals surface area contributed by atoms with Gasteiger partial charge in [-0.25, -0.2) is 4.98 Å². The first kappa shape index (κ1) is 13.9. The minimum atomic E-state index is 0.138. The summed E-state index contributed by atoms with van der Waals surface area (Å²) in [6.45, 7) is 5.74. The summed E-state index contributed by atoms with van der Waals surface area (Å²) in [7, 11) is 1.88. The molecule has 0 aromatic carbocycles. The molecule has 1 N–H and O–H groups in total. The van der Waals surface area contributed by atoms with E-state index in [9.17, 15) is 4.79 Å². The molecule has 7 heteroatoms. The maximum atomic E-state index is 12.8. The van der Waals surface area contributed by atoms with Crippen molar-refractivity contribution < 1.29 is 4.79 Å². The van der Waals surface area contributed by atoms with Crippen molar-refractivity contribution in [2.45, 2.75) is 6.92 Å². The summed E-state index contributed by atoms with van der Waals surface area (Å²) in [6, 6.07) is 0. The Morgan fingerprint density at radius 1 is 1.36 bits per heavy atom. The van der Waals surface area contributed by atoms with Crippen LogP contribution in [0.5, 0.6) is 0 Å². The third-order valence-electron chi connectivity index (χ3n) is 4.62. The predicted molar refractivity (Wildman–Crippen MR) is 84.8 cm³/mol. The predicted octanol–water partition coefficient (Wildman–Crippen LogP) is 1.14. The smallest absolute Gasteiger partial charge is 0.265 e. The van der Waals surface area contributed by atoms with Gasteiger partial charge in [0.2, 0.25) is 0 Å². The van der Waals surface area contributed by atoms with Crippen LogP contribution in [0.15, 0.2) is 12.4 Å². The van der Waals surface area contributed by atoms with Gasteiger partial charge in [0, 0.05) is 45.0 Å². The monoisotopic (exact) mass is 317 g/mol. The summed E-state index contributed by atoms with van der Waals surface area (Å²) < 4.78 is 1.75. The number of likely N-dealkylation sites (tertiary alicyclic amines) is 1. The van der Waals surface area contributed by atoms with E-state index in [-0.39, 0.29) is 5.91 Å². The lowest BCUT2D eigenvalue weighted by atomic mass is 10.0. The SMILES string of the molecule is Cc1nc(-c2cnn(C)c2)sc1C(=O)N1C[C@H]2CNC[C@H]2C1. The average Bonchev–Trinajstić information content (AvgIpc) is 3.19. The van der Waals surface area contributed by atoms with Gasteiger partial charge in [-0.1, -0.05) is 0 Å². The number of rotatable bonds is 2. The number of carbonyl (C=O) groups excluding carboxylic acids is 1. The molecule has 4 heterocycles. The Kier molecular flexibility index (Phi) is 3.27. The van der Waals surface area contributed by atoms with Crippen LogP contribution in [0.3, 0.4) is 0 Å². The lowest BCUT2D eigenvalue weighted by Crippen LogP contribution is -2.31. The van der Waals surface area contributed by atoms with Crippen LogP contribution in [0.1, 0.15) is 15.4 Å². The van der Waals surface area contributed by atoms with Gasteiger partial charge in [0.05, 0.1) is 11.9 Å².